The van der Waals surface area contributed by atoms with Crippen molar-refractivity contribution in [2.24, 2.45) is 11.8 Å². The predicted molar refractivity (Wildman–Crippen MR) is 62.3 cm³/mol. The molecule has 2 bridgehead atoms. The van der Waals surface area contributed by atoms with Crippen molar-refractivity contribution in [3.8, 4) is 0 Å². The lowest BCUT2D eigenvalue weighted by Crippen LogP contribution is -2.45. The second kappa shape index (κ2) is 3.49. The van der Waals surface area contributed by atoms with Gasteiger partial charge in [-0.3, -0.25) is 9.69 Å². The summed E-state index contributed by atoms with van der Waals surface area (Å²) in [7, 11) is 0. The number of hydrogen-bond acceptors (Lipinski definition) is 6. The van der Waals surface area contributed by atoms with Crippen LogP contribution < -0.4 is 10.0 Å². The van der Waals surface area contributed by atoms with Gasteiger partial charge in [0.2, 0.25) is 5.91 Å². The van der Waals surface area contributed by atoms with Gasteiger partial charge in [-0.05, 0) is 6.92 Å². The van der Waals surface area contributed by atoms with Gasteiger partial charge in [0.25, 0.3) is 0 Å². The molecule has 1 spiro atoms. The molecule has 0 unspecified atom stereocenters. The molecule has 0 aliphatic carbocycles. The summed E-state index contributed by atoms with van der Waals surface area (Å²) < 4.78 is 10.7. The zero-order chi connectivity index (χ0) is 14.1. The molecule has 0 saturated carbocycles. The number of carbonyl (C=O) groups is 2. The first-order valence-electron chi connectivity index (χ1n) is 6.34. The van der Waals surface area contributed by atoms with Crippen LogP contribution >= 0.6 is 0 Å². The highest BCUT2D eigenvalue weighted by Crippen LogP contribution is 2.52. The average molecular weight is 275 g/mol. The fourth-order valence-corrected chi connectivity index (χ4v) is 3.44. The largest absolute Gasteiger partial charge is 0.550 e. The summed E-state index contributed by atoms with van der Waals surface area (Å²) in [4.78, 5) is 25.2. The second-order valence-electron chi connectivity index (χ2n) is 5.44. The van der Waals surface area contributed by atoms with Crippen LogP contribution in [0, 0.1) is 18.8 Å². The number of rotatable bonds is 2. The van der Waals surface area contributed by atoms with E-state index in [1.165, 1.54) is 4.90 Å². The van der Waals surface area contributed by atoms with Gasteiger partial charge < -0.3 is 19.2 Å². The zero-order valence-corrected chi connectivity index (χ0v) is 10.6. The Morgan fingerprint density at radius 1 is 1.60 bits per heavy atom. The van der Waals surface area contributed by atoms with E-state index in [2.05, 4.69) is 5.16 Å². The molecule has 1 aromatic heterocycles. The first kappa shape index (κ1) is 11.7. The molecule has 0 N–H and O–H groups in total. The Labute approximate surface area is 113 Å². The van der Waals surface area contributed by atoms with Gasteiger partial charge in [0.15, 0.2) is 5.82 Å². The molecular weight excluding hydrogens is 264 g/mol. The first-order valence-corrected chi connectivity index (χ1v) is 6.34. The maximum Gasteiger partial charge on any atom is 0.235 e. The number of aryl methyl sites for hydroxylation is 1. The number of carboxylic acids is 1. The number of carboxylic acid groups (broad SMARTS) is 1. The normalized spacial score (nSPS) is 37.8. The van der Waals surface area contributed by atoms with E-state index >= 15 is 0 Å². The number of carbonyl (C=O) groups excluding carboxylic acids is 2. The van der Waals surface area contributed by atoms with Crippen LogP contribution in [0.4, 0.5) is 5.82 Å². The Morgan fingerprint density at radius 3 is 3.05 bits per heavy atom. The standard InChI is InChI=1S/C13H12N2O5/c1-6-4-8(14-20-6)15-5-13-3-2-7(19-13)9(12(17)18)10(13)11(15)16/h2-4,7,9-10H,5H2,1H3,(H,17,18)/p-1/t7-,9+,10-,13+/m1/s1. The molecule has 2 fully saturated rings. The van der Waals surface area contributed by atoms with E-state index in [0.717, 1.165) is 0 Å². The third-order valence-corrected chi connectivity index (χ3v) is 4.26. The van der Waals surface area contributed by atoms with Crippen molar-refractivity contribution in [2.45, 2.75) is 18.6 Å². The molecule has 3 aliphatic heterocycles. The van der Waals surface area contributed by atoms with Crippen LogP contribution in [0.3, 0.4) is 0 Å². The Hall–Kier alpha value is -2.15. The van der Waals surface area contributed by atoms with E-state index in [4.69, 9.17) is 9.26 Å². The number of aliphatic carboxylic acids is 1. The van der Waals surface area contributed by atoms with Crippen LogP contribution in [0.1, 0.15) is 5.76 Å². The summed E-state index contributed by atoms with van der Waals surface area (Å²) in [6.07, 6.45) is 2.91. The quantitative estimate of drug-likeness (QED) is 0.644. The third-order valence-electron chi connectivity index (χ3n) is 4.26. The summed E-state index contributed by atoms with van der Waals surface area (Å²) in [5.41, 5.74) is -0.876. The molecular formula is C13H11N2O5-. The summed E-state index contributed by atoms with van der Waals surface area (Å²) in [5, 5.41) is 15.1. The van der Waals surface area contributed by atoms with Gasteiger partial charge in [0.1, 0.15) is 11.4 Å². The van der Waals surface area contributed by atoms with E-state index in [-0.39, 0.29) is 12.5 Å². The molecule has 1 aromatic rings. The van der Waals surface area contributed by atoms with Gasteiger partial charge in [0.05, 0.1) is 18.6 Å². The van der Waals surface area contributed by atoms with Crippen molar-refractivity contribution in [1.29, 1.82) is 0 Å². The third kappa shape index (κ3) is 1.25. The van der Waals surface area contributed by atoms with Gasteiger partial charge in [0, 0.05) is 18.0 Å². The lowest BCUT2D eigenvalue weighted by atomic mass is 9.77. The fourth-order valence-electron chi connectivity index (χ4n) is 3.44. The lowest BCUT2D eigenvalue weighted by Gasteiger charge is -2.24. The molecule has 2 saturated heterocycles. The lowest BCUT2D eigenvalue weighted by molar-refractivity contribution is -0.313. The Bertz CT molecular complexity index is 651. The number of anilines is 1. The van der Waals surface area contributed by atoms with Gasteiger partial charge in [-0.2, -0.15) is 0 Å². The molecule has 3 aliphatic rings. The van der Waals surface area contributed by atoms with Gasteiger partial charge >= 0.3 is 0 Å². The SMILES string of the molecule is Cc1cc(N2C[C@]34C=C[C@@H](O3)[C@H](C(=O)[O-])[C@@H]4C2=O)no1. The van der Waals surface area contributed by atoms with Crippen LogP contribution in [0.25, 0.3) is 0 Å². The van der Waals surface area contributed by atoms with Gasteiger partial charge in [-0.25, -0.2) is 0 Å². The second-order valence-corrected chi connectivity index (χ2v) is 5.44. The molecule has 7 nitrogen and oxygen atoms in total. The molecule has 4 rings (SSSR count). The molecule has 104 valence electrons. The van der Waals surface area contributed by atoms with Crippen molar-refractivity contribution in [3.05, 3.63) is 24.0 Å². The summed E-state index contributed by atoms with van der Waals surface area (Å²) >= 11 is 0. The van der Waals surface area contributed by atoms with Gasteiger partial charge in [-0.15, -0.1) is 0 Å². The smallest absolute Gasteiger partial charge is 0.235 e. The van der Waals surface area contributed by atoms with Crippen LogP contribution in [0.5, 0.6) is 0 Å². The van der Waals surface area contributed by atoms with Crippen LogP contribution in [0.15, 0.2) is 22.7 Å². The van der Waals surface area contributed by atoms with E-state index in [1.807, 2.05) is 0 Å². The van der Waals surface area contributed by atoms with Crippen molar-refractivity contribution in [2.75, 3.05) is 11.4 Å². The van der Waals surface area contributed by atoms with Gasteiger partial charge in [-0.1, -0.05) is 17.3 Å². The highest BCUT2D eigenvalue weighted by atomic mass is 16.5. The number of amides is 1. The highest BCUT2D eigenvalue weighted by Gasteiger charge is 2.65. The van der Waals surface area contributed by atoms with Crippen LogP contribution in [-0.2, 0) is 14.3 Å². The summed E-state index contributed by atoms with van der Waals surface area (Å²) in [6, 6.07) is 1.64. The summed E-state index contributed by atoms with van der Waals surface area (Å²) in [5.74, 6) is -2.28. The molecule has 1 amide bonds. The number of aromatic nitrogens is 1. The predicted octanol–water partition coefficient (Wildman–Crippen LogP) is -0.981. The molecule has 0 radical (unpaired) electrons. The number of nitrogens with zero attached hydrogens (tertiary/aromatic N) is 2. The van der Waals surface area contributed by atoms with Crippen molar-refractivity contribution in [3.63, 3.8) is 0 Å². The minimum absolute atomic E-state index is 0.249. The Morgan fingerprint density at radius 2 is 2.40 bits per heavy atom. The van der Waals surface area contributed by atoms with Crippen LogP contribution in [-0.4, -0.2) is 35.3 Å². The van der Waals surface area contributed by atoms with E-state index < -0.39 is 29.5 Å². The molecule has 4 atom stereocenters. The van der Waals surface area contributed by atoms with E-state index in [1.54, 1.807) is 25.1 Å². The van der Waals surface area contributed by atoms with Crippen molar-refractivity contribution >= 4 is 17.7 Å². The Kier molecular flexibility index (Phi) is 2.03. The minimum Gasteiger partial charge on any atom is -0.550 e. The zero-order valence-electron chi connectivity index (χ0n) is 10.6. The number of hydrogen-bond donors (Lipinski definition) is 0. The number of fused-ring (bicyclic) bond motifs is 1. The molecule has 4 heterocycles. The fraction of sp³-hybridized carbons (Fsp3) is 0.462. The summed E-state index contributed by atoms with van der Waals surface area (Å²) in [6.45, 7) is 1.97. The molecule has 0 aromatic carbocycles. The number of ether oxygens (including phenoxy) is 1. The Balaban J connectivity index is 1.75. The molecule has 20 heavy (non-hydrogen) atoms. The molecule has 7 heteroatoms. The maximum absolute atomic E-state index is 12.5. The average Bonchev–Trinajstić information content (AvgIpc) is 3.10. The van der Waals surface area contributed by atoms with Crippen LogP contribution in [0.2, 0.25) is 0 Å². The monoisotopic (exact) mass is 275 g/mol. The topological polar surface area (TPSA) is 95.7 Å². The minimum atomic E-state index is -1.25. The van der Waals surface area contributed by atoms with E-state index in [0.29, 0.717) is 11.6 Å². The first-order chi connectivity index (χ1) is 9.52. The van der Waals surface area contributed by atoms with Crippen molar-refractivity contribution < 1.29 is 24.0 Å². The maximum atomic E-state index is 12.5. The highest BCUT2D eigenvalue weighted by molar-refractivity contribution is 6.01. The van der Waals surface area contributed by atoms with Crippen molar-refractivity contribution in [1.82, 2.24) is 5.16 Å². The van der Waals surface area contributed by atoms with E-state index in [9.17, 15) is 14.7 Å².